The van der Waals surface area contributed by atoms with E-state index < -0.39 is 0 Å². The second-order valence-electron chi connectivity index (χ2n) is 49.9. The van der Waals surface area contributed by atoms with Crippen molar-refractivity contribution in [1.29, 1.82) is 0 Å². The molecular weight excluding hydrogens is 1450 g/mol. The second kappa shape index (κ2) is 55.0. The molecule has 3 N–H and O–H groups in total. The molecule has 16 aliphatic rings. The summed E-state index contributed by atoms with van der Waals surface area (Å²) in [5.41, 5.74) is 7.32. The van der Waals surface area contributed by atoms with Crippen molar-refractivity contribution in [3.8, 4) is 0 Å². The van der Waals surface area contributed by atoms with Crippen LogP contribution in [0.5, 0.6) is 0 Å². The Morgan fingerprint density at radius 2 is 0.547 bits per heavy atom. The maximum absolute atomic E-state index is 10.4. The predicted molar refractivity (Wildman–Crippen MR) is 508 cm³/mol. The molecule has 117 heavy (non-hydrogen) atoms. The number of hydrogen-bond donors (Lipinski definition) is 3. The third-order valence-corrected chi connectivity index (χ3v) is 26.6. The molecule has 6 aliphatic carbocycles. The average Bonchev–Trinajstić information content (AvgIpc) is 1.81. The number of piperidine rings is 2. The standard InChI is InChI=1S/2C8H16.2C7H15N.3C7H14O.2C7H14.C6H13N.C6H12O2.C6H10O2.C6H12O.C6H12.C5H10O.C5H10/c2*1-8(2)6-4-3-5-7-8;1-7(2)4-3-5-8-6-7;1-7(2)5-3-4-6-8-7;1-7(2)3-5-8-6-4-7;1-7(2)4-3-5-8-6-7;1-7(2)5-3-4-6-8-7;2*1-7(2)5-3-4-6-7;1-6(2)4-3-5-7-6;1-6(2)5-7-3-4-8-6;1-6(2)4-3-5(7)8-6;1-6(2)4-3-5-7-6;1-6(2)4-3-5-6;1-5(2)3-6-4-5;1-5(2)3-4-5/h2*3-7H2,1-2H3;2*8H,3-6H2,1-2H3;3*3-6H2,1-2H3;2*3-6H2,1-2H3;7H,3-5H2,1-2H3;3-5H2,1-2H3;3-4H2,1-2H3;3-5H2,1-2H3;3-5H2,1-2H3;3-4H2,1-2H3;3-4H2,1-2H3. The van der Waals surface area contributed by atoms with Crippen LogP contribution in [0.3, 0.4) is 0 Å². The molecule has 10 saturated heterocycles. The van der Waals surface area contributed by atoms with Crippen LogP contribution in [0.15, 0.2) is 0 Å². The molecule has 16 fully saturated rings. The van der Waals surface area contributed by atoms with E-state index in [1.54, 1.807) is 0 Å². The monoisotopic (exact) mass is 1660 g/mol. The van der Waals surface area contributed by atoms with Crippen molar-refractivity contribution in [2.24, 2.45) is 54.1 Å². The van der Waals surface area contributed by atoms with Gasteiger partial charge in [0.1, 0.15) is 5.60 Å². The van der Waals surface area contributed by atoms with Crippen LogP contribution >= 0.6 is 0 Å². The Bertz CT molecular complexity index is 2020. The molecule has 0 unspecified atom stereocenters. The van der Waals surface area contributed by atoms with Crippen LogP contribution in [0.1, 0.15) is 485 Å². The number of nitrogens with one attached hydrogen (secondary N) is 3. The highest BCUT2D eigenvalue weighted by atomic mass is 16.6. The van der Waals surface area contributed by atoms with Crippen molar-refractivity contribution in [1.82, 2.24) is 16.0 Å². The summed E-state index contributed by atoms with van der Waals surface area (Å²) < 4.78 is 41.6. The highest BCUT2D eigenvalue weighted by molar-refractivity contribution is 5.72. The molecule has 0 atom stereocenters. The Kier molecular flexibility index (Phi) is 53.6. The van der Waals surface area contributed by atoms with Gasteiger partial charge in [0.05, 0.1) is 56.4 Å². The fourth-order valence-electron chi connectivity index (χ4n) is 16.3. The summed E-state index contributed by atoms with van der Waals surface area (Å²) >= 11 is 0. The maximum atomic E-state index is 10.4. The zero-order chi connectivity index (χ0) is 89.0. The predicted octanol–water partition coefficient (Wildman–Crippen LogP) is 29.4. The van der Waals surface area contributed by atoms with Gasteiger partial charge in [0.25, 0.3) is 0 Å². The minimum Gasteiger partial charge on any atom is -0.460 e. The first kappa shape index (κ1) is 114. The van der Waals surface area contributed by atoms with Crippen LogP contribution in [-0.2, 0) is 42.7 Å². The number of hydrogen-bond acceptors (Lipinski definition) is 12. The third-order valence-electron chi connectivity index (χ3n) is 26.6. The maximum Gasteiger partial charge on any atom is 0.306 e. The largest absolute Gasteiger partial charge is 0.460 e. The molecule has 0 radical (unpaired) electrons. The van der Waals surface area contributed by atoms with E-state index in [0.717, 1.165) is 89.9 Å². The molecule has 0 bridgehead atoms. The Balaban J connectivity index is 0.000000625. The molecule has 10 heterocycles. The zero-order valence-corrected chi connectivity index (χ0v) is 85.3. The summed E-state index contributed by atoms with van der Waals surface area (Å²) in [6, 6.07) is 0. The van der Waals surface area contributed by atoms with Crippen LogP contribution in [0.2, 0.25) is 0 Å². The summed E-state index contributed by atoms with van der Waals surface area (Å²) in [4.78, 5) is 10.4. The number of carbonyl (C=O) groups excluding carboxylic acids is 1. The second-order valence-corrected chi connectivity index (χ2v) is 49.9. The lowest BCUT2D eigenvalue weighted by molar-refractivity contribution is -0.145. The van der Waals surface area contributed by atoms with E-state index in [4.69, 9.17) is 37.9 Å². The summed E-state index contributed by atoms with van der Waals surface area (Å²) in [6.45, 7) is 86.7. The molecular formula is C105H211N3O9. The number of esters is 1. The summed E-state index contributed by atoms with van der Waals surface area (Å²) in [5.74, 6) is -0.0602. The lowest BCUT2D eigenvalue weighted by Gasteiger charge is -2.33. The van der Waals surface area contributed by atoms with Gasteiger partial charge in [0.2, 0.25) is 0 Å². The van der Waals surface area contributed by atoms with E-state index in [1.165, 1.54) is 277 Å². The Labute approximate surface area is 731 Å². The van der Waals surface area contributed by atoms with Gasteiger partial charge in [-0.15, -0.1) is 0 Å². The van der Waals surface area contributed by atoms with Crippen LogP contribution in [0.25, 0.3) is 0 Å². The molecule has 12 heteroatoms. The number of rotatable bonds is 0. The normalized spacial score (nSPS) is 27.9. The van der Waals surface area contributed by atoms with Gasteiger partial charge < -0.3 is 53.8 Å². The van der Waals surface area contributed by atoms with Crippen molar-refractivity contribution >= 4 is 5.97 Å². The minimum atomic E-state index is -0.183. The first-order valence-electron chi connectivity index (χ1n) is 49.4. The average molecular weight is 1660 g/mol. The first-order chi connectivity index (χ1) is 53.7. The van der Waals surface area contributed by atoms with E-state index in [2.05, 4.69) is 210 Å². The van der Waals surface area contributed by atoms with E-state index in [0.29, 0.717) is 60.8 Å². The Morgan fingerprint density at radius 3 is 0.684 bits per heavy atom. The van der Waals surface area contributed by atoms with Crippen molar-refractivity contribution in [3.05, 3.63) is 0 Å². The van der Waals surface area contributed by atoms with Crippen molar-refractivity contribution < 1.29 is 42.7 Å². The molecule has 16 rings (SSSR count). The van der Waals surface area contributed by atoms with Gasteiger partial charge in [-0.1, -0.05) is 216 Å². The van der Waals surface area contributed by atoms with Crippen molar-refractivity contribution in [2.45, 2.75) is 518 Å². The lowest BCUT2D eigenvalue weighted by atomic mass is 9.72. The van der Waals surface area contributed by atoms with E-state index in [1.807, 2.05) is 27.7 Å². The van der Waals surface area contributed by atoms with Crippen LogP contribution in [-0.4, -0.2) is 138 Å². The molecule has 12 nitrogen and oxygen atoms in total. The van der Waals surface area contributed by atoms with Gasteiger partial charge in [0.15, 0.2) is 0 Å². The Morgan fingerprint density at radius 1 is 0.214 bits per heavy atom. The summed E-state index contributed by atoms with van der Waals surface area (Å²) in [5, 5.41) is 10.2. The molecule has 0 aromatic carbocycles. The molecule has 0 aromatic heterocycles. The van der Waals surface area contributed by atoms with E-state index in [9.17, 15) is 4.79 Å². The van der Waals surface area contributed by atoms with Gasteiger partial charge >= 0.3 is 5.97 Å². The summed E-state index contributed by atoms with van der Waals surface area (Å²) in [6.07, 6.45) is 55.9. The van der Waals surface area contributed by atoms with Gasteiger partial charge in [-0.3, -0.25) is 4.79 Å². The molecule has 6 saturated carbocycles. The topological polar surface area (TPSA) is 127 Å². The Hall–Kier alpha value is -0.930. The van der Waals surface area contributed by atoms with Gasteiger partial charge in [0, 0.05) is 62.5 Å². The van der Waals surface area contributed by atoms with Crippen LogP contribution in [0.4, 0.5) is 0 Å². The van der Waals surface area contributed by atoms with Crippen molar-refractivity contribution in [2.75, 3.05) is 98.9 Å². The lowest BCUT2D eigenvalue weighted by Crippen LogP contribution is -2.42. The molecule has 10 aliphatic heterocycles. The summed E-state index contributed by atoms with van der Waals surface area (Å²) in [7, 11) is 0. The van der Waals surface area contributed by atoms with Gasteiger partial charge in [-0.25, -0.2) is 0 Å². The number of ether oxygens (including phenoxy) is 8. The van der Waals surface area contributed by atoms with E-state index in [-0.39, 0.29) is 28.4 Å². The first-order valence-corrected chi connectivity index (χ1v) is 49.4. The number of carbonyl (C=O) groups is 1. The van der Waals surface area contributed by atoms with Crippen LogP contribution < -0.4 is 16.0 Å². The van der Waals surface area contributed by atoms with Crippen LogP contribution in [0, 0.1) is 54.1 Å². The molecule has 0 aromatic rings. The van der Waals surface area contributed by atoms with Crippen molar-refractivity contribution in [3.63, 3.8) is 0 Å². The quantitative estimate of drug-likeness (QED) is 0.200. The van der Waals surface area contributed by atoms with E-state index >= 15 is 0 Å². The molecule has 0 amide bonds. The molecule has 700 valence electrons. The fourth-order valence-corrected chi connectivity index (χ4v) is 16.3. The third kappa shape index (κ3) is 68.0. The minimum absolute atomic E-state index is 0.0434. The SMILES string of the molecule is CC1(C)CC1.CC1(C)CCC(=O)O1.CC1(C)CCC1.CC1(C)CCCC1.CC1(C)CCCC1.CC1(C)CCCCC1.CC1(C)CCCCC1.CC1(C)CCCCN1.CC1(C)CCCCO1.CC1(C)CCCN1.CC1(C)CCCNC1.CC1(C)CCCO1.CC1(C)CCCOC1.CC1(C)CCOCC1.CC1(C)COC1.CC1(C)COCCO1. The molecule has 0 spiro atoms. The smallest absolute Gasteiger partial charge is 0.306 e. The zero-order valence-electron chi connectivity index (χ0n) is 85.3. The highest BCUT2D eigenvalue weighted by Crippen LogP contribution is 2.44. The fraction of sp³-hybridized carbons (Fsp3) is 0.990. The van der Waals surface area contributed by atoms with Gasteiger partial charge in [-0.05, 0) is 331 Å². The van der Waals surface area contributed by atoms with Gasteiger partial charge in [-0.2, -0.15) is 0 Å². The number of cyclic esters (lactones) is 1. The highest BCUT2D eigenvalue weighted by Gasteiger charge is 2.33.